The first-order valence-corrected chi connectivity index (χ1v) is 18.7. The van der Waals surface area contributed by atoms with E-state index in [9.17, 15) is 24.6 Å². The summed E-state index contributed by atoms with van der Waals surface area (Å²) in [6.07, 6.45) is 4.44. The third-order valence-corrected chi connectivity index (χ3v) is 11.1. The molecular weight excluding hydrogens is 686 g/mol. The van der Waals surface area contributed by atoms with Crippen molar-refractivity contribution in [2.75, 3.05) is 53.5 Å². The van der Waals surface area contributed by atoms with Crippen LogP contribution >= 0.6 is 0 Å². The van der Waals surface area contributed by atoms with Gasteiger partial charge in [0, 0.05) is 57.7 Å². The third kappa shape index (κ3) is 8.35. The van der Waals surface area contributed by atoms with Crippen LogP contribution in [0.1, 0.15) is 76.3 Å². The smallest absolute Gasteiger partial charge is 0.415 e. The van der Waals surface area contributed by atoms with E-state index in [4.69, 9.17) is 30.4 Å². The molecule has 1 aromatic rings. The maximum atomic E-state index is 14.1. The van der Waals surface area contributed by atoms with E-state index in [1.54, 1.807) is 13.2 Å². The SMILES string of the molecule is CCOC(O)CCCCCN(CCNC(=O)[C@H](CCCN=C(N)N)NC(C)=O)C(=O)OC1=CCC2(O)[C@H]3Cc4ccc(OC)c5c4[C@@]2(CCN3C)C1O5. The third-order valence-electron chi connectivity index (χ3n) is 11.1. The van der Waals surface area contributed by atoms with Gasteiger partial charge in [-0.3, -0.25) is 14.6 Å². The lowest BCUT2D eigenvalue weighted by Gasteiger charge is -2.61. The number of hydrogen-bond acceptors (Lipinski definition) is 11. The summed E-state index contributed by atoms with van der Waals surface area (Å²) in [6.45, 7) is 5.18. The van der Waals surface area contributed by atoms with Crippen LogP contribution in [0.5, 0.6) is 11.5 Å². The maximum absolute atomic E-state index is 14.1. The highest BCUT2D eigenvalue weighted by Crippen LogP contribution is 2.65. The lowest BCUT2D eigenvalue weighted by molar-refractivity contribution is -0.163. The molecule has 2 bridgehead atoms. The fraction of sp³-hybridized carbons (Fsp3) is 0.676. The minimum Gasteiger partial charge on any atom is -0.493 e. The fourth-order valence-corrected chi connectivity index (χ4v) is 8.58. The zero-order valence-corrected chi connectivity index (χ0v) is 31.4. The van der Waals surface area contributed by atoms with Crippen LogP contribution in [0.2, 0.25) is 0 Å². The first-order chi connectivity index (χ1) is 25.4. The van der Waals surface area contributed by atoms with Crippen LogP contribution in [0.4, 0.5) is 4.79 Å². The van der Waals surface area contributed by atoms with E-state index in [-0.39, 0.29) is 37.4 Å². The number of carbonyl (C=O) groups excluding carboxylic acids is 3. The summed E-state index contributed by atoms with van der Waals surface area (Å²) in [5, 5.41) is 28.0. The molecule has 8 N–H and O–H groups in total. The Morgan fingerprint density at radius 3 is 2.68 bits per heavy atom. The van der Waals surface area contributed by atoms with Crippen molar-refractivity contribution in [2.45, 2.75) is 107 Å². The number of unbranched alkanes of at least 4 members (excludes halogenated alkanes) is 2. The predicted octanol–water partition coefficient (Wildman–Crippen LogP) is 1.00. The number of methoxy groups -OCH3 is 1. The average molecular weight is 744 g/mol. The van der Waals surface area contributed by atoms with Crippen LogP contribution in [-0.4, -0.2) is 127 Å². The van der Waals surface area contributed by atoms with Gasteiger partial charge in [-0.1, -0.05) is 12.5 Å². The van der Waals surface area contributed by atoms with Crippen molar-refractivity contribution in [1.82, 2.24) is 20.4 Å². The van der Waals surface area contributed by atoms with Gasteiger partial charge in [-0.25, -0.2) is 4.79 Å². The van der Waals surface area contributed by atoms with Crippen molar-refractivity contribution in [3.05, 3.63) is 35.1 Å². The number of piperidine rings is 1. The molecule has 6 atom stereocenters. The van der Waals surface area contributed by atoms with Gasteiger partial charge in [0.05, 0.1) is 18.1 Å². The number of aliphatic hydroxyl groups is 2. The molecule has 16 heteroatoms. The number of rotatable bonds is 19. The molecule has 53 heavy (non-hydrogen) atoms. The van der Waals surface area contributed by atoms with Crippen LogP contribution in [-0.2, 0) is 30.9 Å². The number of nitrogens with zero attached hydrogens (tertiary/aromatic N) is 3. The molecule has 16 nitrogen and oxygen atoms in total. The molecule has 4 aliphatic rings. The molecule has 0 radical (unpaired) electrons. The van der Waals surface area contributed by atoms with E-state index >= 15 is 0 Å². The van der Waals surface area contributed by atoms with Gasteiger partial charge in [-0.15, -0.1) is 0 Å². The Bertz CT molecular complexity index is 1550. The number of aliphatic imine (C=N–C) groups is 1. The van der Waals surface area contributed by atoms with Crippen molar-refractivity contribution >= 4 is 23.9 Å². The largest absolute Gasteiger partial charge is 0.493 e. The van der Waals surface area contributed by atoms with E-state index in [2.05, 4.69) is 20.5 Å². The van der Waals surface area contributed by atoms with Gasteiger partial charge in [0.2, 0.25) is 11.8 Å². The first-order valence-electron chi connectivity index (χ1n) is 18.7. The highest BCUT2D eigenvalue weighted by atomic mass is 16.6. The molecule has 3 unspecified atom stereocenters. The first kappa shape index (κ1) is 40.1. The zero-order valence-electron chi connectivity index (χ0n) is 31.4. The molecule has 2 heterocycles. The highest BCUT2D eigenvalue weighted by molar-refractivity contribution is 5.86. The maximum Gasteiger partial charge on any atom is 0.415 e. The van der Waals surface area contributed by atoms with Crippen molar-refractivity contribution in [1.29, 1.82) is 0 Å². The Morgan fingerprint density at radius 2 is 1.96 bits per heavy atom. The zero-order chi connectivity index (χ0) is 38.3. The Kier molecular flexibility index (Phi) is 13.1. The van der Waals surface area contributed by atoms with E-state index in [0.29, 0.717) is 81.9 Å². The normalized spacial score (nSPS) is 24.8. The van der Waals surface area contributed by atoms with Crippen molar-refractivity contribution in [2.24, 2.45) is 16.5 Å². The Hall–Kier alpha value is -4.12. The average Bonchev–Trinajstić information content (AvgIpc) is 3.47. The van der Waals surface area contributed by atoms with Crippen molar-refractivity contribution in [3.63, 3.8) is 0 Å². The molecular formula is C37H57N7O9. The molecule has 1 spiro atoms. The number of hydrogen-bond donors (Lipinski definition) is 6. The molecule has 3 amide bonds. The predicted molar refractivity (Wildman–Crippen MR) is 196 cm³/mol. The molecule has 1 saturated heterocycles. The van der Waals surface area contributed by atoms with Gasteiger partial charge < -0.3 is 61.1 Å². The number of amides is 3. The van der Waals surface area contributed by atoms with Gasteiger partial charge in [0.25, 0.3) is 0 Å². The number of likely N-dealkylation sites (tertiary alicyclic amines) is 1. The molecule has 2 aliphatic carbocycles. The highest BCUT2D eigenvalue weighted by Gasteiger charge is 2.72. The van der Waals surface area contributed by atoms with Crippen LogP contribution in [0, 0.1) is 0 Å². The number of guanidine groups is 1. The van der Waals surface area contributed by atoms with E-state index in [1.165, 1.54) is 11.8 Å². The van der Waals surface area contributed by atoms with Crippen LogP contribution in [0.25, 0.3) is 0 Å². The van der Waals surface area contributed by atoms with Crippen molar-refractivity contribution < 1.29 is 43.5 Å². The lowest BCUT2D eigenvalue weighted by Crippen LogP contribution is -2.74. The molecule has 0 saturated carbocycles. The van der Waals surface area contributed by atoms with E-state index in [1.807, 2.05) is 26.1 Å². The number of aliphatic hydroxyl groups excluding tert-OH is 1. The second-order valence-electron chi connectivity index (χ2n) is 14.4. The summed E-state index contributed by atoms with van der Waals surface area (Å²) in [6, 6.07) is 2.99. The second-order valence-corrected chi connectivity index (χ2v) is 14.4. The standard InChI is InChI=1S/C37H57N7O9/c1-5-51-29(46)11-7-6-8-19-44(21-18-40-33(47)25(42-23(2)45)10-9-17-41-34(38)39)35(48)52-27-14-15-37(49)28-22-24-12-13-26(50-4)31-30(24)36(37,32(27)53-31)16-20-43(28)3/h12-14,25,28-29,32,46,49H,5-11,15-22H2,1-4H3,(H,40,47)(H,42,45)(H4,38,39,41)/t25-,28+,29?,32?,36-,37?/m0/s1. The van der Waals surface area contributed by atoms with Gasteiger partial charge >= 0.3 is 6.09 Å². The quantitative estimate of drug-likeness (QED) is 0.0506. The molecule has 5 rings (SSSR count). The molecule has 1 fully saturated rings. The van der Waals surface area contributed by atoms with E-state index in [0.717, 1.165) is 24.1 Å². The fourth-order valence-electron chi connectivity index (χ4n) is 8.58. The number of ether oxygens (including phenoxy) is 4. The molecule has 0 aromatic heterocycles. The van der Waals surface area contributed by atoms with Gasteiger partial charge in [-0.2, -0.15) is 0 Å². The summed E-state index contributed by atoms with van der Waals surface area (Å²) in [5.41, 5.74) is 10.9. The summed E-state index contributed by atoms with van der Waals surface area (Å²) < 4.78 is 23.8. The summed E-state index contributed by atoms with van der Waals surface area (Å²) in [7, 11) is 3.62. The molecule has 1 aromatic carbocycles. The molecule has 2 aliphatic heterocycles. The molecule has 294 valence electrons. The van der Waals surface area contributed by atoms with Crippen LogP contribution in [0.15, 0.2) is 29.0 Å². The lowest BCUT2D eigenvalue weighted by atomic mass is 9.50. The summed E-state index contributed by atoms with van der Waals surface area (Å²) in [5.74, 6) is 0.695. The number of nitrogens with one attached hydrogen (secondary N) is 2. The van der Waals surface area contributed by atoms with Crippen molar-refractivity contribution in [3.8, 4) is 11.5 Å². The Balaban J connectivity index is 1.30. The minimum absolute atomic E-state index is 0.0508. The number of nitrogens with two attached hydrogens (primary N) is 2. The van der Waals surface area contributed by atoms with Gasteiger partial charge in [0.15, 0.2) is 29.9 Å². The number of likely N-dealkylation sites (N-methyl/N-ethyl adjacent to an activating group) is 1. The van der Waals surface area contributed by atoms with E-state index < -0.39 is 41.5 Å². The summed E-state index contributed by atoms with van der Waals surface area (Å²) >= 11 is 0. The Labute approximate surface area is 311 Å². The topological polar surface area (TPSA) is 224 Å². The summed E-state index contributed by atoms with van der Waals surface area (Å²) in [4.78, 5) is 46.7. The van der Waals surface area contributed by atoms with Gasteiger partial charge in [0.1, 0.15) is 11.8 Å². The van der Waals surface area contributed by atoms with Gasteiger partial charge in [-0.05, 0) is 83.2 Å². The Morgan fingerprint density at radius 1 is 1.17 bits per heavy atom. The van der Waals surface area contributed by atoms with Crippen LogP contribution in [0.3, 0.4) is 0 Å². The minimum atomic E-state index is -1.14. The monoisotopic (exact) mass is 743 g/mol. The van der Waals surface area contributed by atoms with Crippen LogP contribution < -0.4 is 31.6 Å². The number of benzene rings is 1. The second kappa shape index (κ2) is 17.3. The number of carbonyl (C=O) groups is 3.